The van der Waals surface area contributed by atoms with Gasteiger partial charge in [-0.2, -0.15) is 0 Å². The molecule has 8 rings (SSSR count). The molecule has 3 N–H and O–H groups in total. The Morgan fingerprint density at radius 1 is 0.656 bits per heavy atom. The molecule has 0 saturated carbocycles. The Bertz CT molecular complexity index is 2580. The Morgan fingerprint density at radius 3 is 1.55 bits per heavy atom. The molecular weight excluding hydrogens is 967 g/mol. The number of ether oxygens (including phenoxy) is 2. The molecule has 2 fully saturated rings. The zero-order valence-electron chi connectivity index (χ0n) is 34.8. The number of hydrogen-bond donors (Lipinski definition) is 3. The van der Waals surface area contributed by atoms with Crippen molar-refractivity contribution in [3.05, 3.63) is 116 Å². The zero-order valence-corrected chi connectivity index (χ0v) is 39.5. The number of rotatable bonds is 11. The molecule has 19 heteroatoms. The topological polar surface area (TPSA) is 167 Å². The van der Waals surface area contributed by atoms with Crippen molar-refractivity contribution < 1.29 is 35.9 Å². The Labute approximate surface area is 394 Å². The summed E-state index contributed by atoms with van der Waals surface area (Å²) in [4.78, 5) is 32.8. The predicted octanol–water partition coefficient (Wildman–Crippen LogP) is 7.26. The Balaban J connectivity index is 0.000000209. The molecular formula is C45H53BrCl2N6O8S2. The van der Waals surface area contributed by atoms with Gasteiger partial charge in [0.25, 0.3) is 11.8 Å². The van der Waals surface area contributed by atoms with Gasteiger partial charge >= 0.3 is 0 Å². The number of alkyl halides is 1. The molecule has 4 aliphatic heterocycles. The fraction of sp³-hybridized carbons (Fsp3) is 0.333. The van der Waals surface area contributed by atoms with Gasteiger partial charge in [-0.3, -0.25) is 14.5 Å². The molecule has 4 heterocycles. The number of halogens is 3. The number of sulfone groups is 2. The molecule has 64 heavy (non-hydrogen) atoms. The standard InChI is InChI=1S/C22H24ClN3O4S.C17H13BrClNO4S.C5H12N2.CH4/c1-25-7-9-26(10-8-25)11-12-30-20-5-3-17(23)14-19(20)22(27)24-18-4-2-16-6-13-31(28,29)21(16)15-18;18-6-7-24-15-4-2-12(19)9-14(15)17(21)20-13-3-1-11-5-8-25(22,23)16(11)10-13;1-7-4-2-6-3-5-7;/h2-6,13-15H,7-12H2,1H3,(H,24,27);1-5,8-10H,6-7H2,(H,20,21);6H,2-5H2,1H3;1H4. The molecule has 0 bridgehead atoms. The first-order valence-electron chi connectivity index (χ1n) is 20.1. The molecule has 2 amide bonds. The third-order valence-corrected chi connectivity index (χ3v) is 14.0. The number of anilines is 2. The van der Waals surface area contributed by atoms with E-state index in [2.05, 4.69) is 60.7 Å². The summed E-state index contributed by atoms with van der Waals surface area (Å²) in [6, 6.07) is 19.2. The minimum atomic E-state index is -3.45. The zero-order chi connectivity index (χ0) is 45.1. The minimum absolute atomic E-state index is 0. The number of nitrogens with one attached hydrogen (secondary N) is 3. The fourth-order valence-corrected chi connectivity index (χ4v) is 9.72. The van der Waals surface area contributed by atoms with Crippen LogP contribution in [0.5, 0.6) is 11.5 Å². The molecule has 344 valence electrons. The third kappa shape index (κ3) is 13.9. The summed E-state index contributed by atoms with van der Waals surface area (Å²) in [6.45, 7) is 10.4. The maximum atomic E-state index is 12.9. The Hall–Kier alpha value is -4.30. The van der Waals surface area contributed by atoms with Gasteiger partial charge in [0.2, 0.25) is 19.7 Å². The SMILES string of the molecule is C.CN1CCN(CCOc2ccc(Cl)cc2C(=O)Nc2ccc3c(c2)S(=O)(=O)C=C3)CC1.CN1CCNCC1.O=C(Nc1ccc2c(c1)S(=O)(=O)C=C2)c1cc(Cl)ccc1OCCBr. The van der Waals surface area contributed by atoms with Crippen molar-refractivity contribution >= 4 is 94.1 Å². The highest BCUT2D eigenvalue weighted by Crippen LogP contribution is 2.32. The Kier molecular flexibility index (Phi) is 18.4. The maximum Gasteiger partial charge on any atom is 0.259 e. The summed E-state index contributed by atoms with van der Waals surface area (Å²) < 4.78 is 59.5. The molecule has 14 nitrogen and oxygen atoms in total. The van der Waals surface area contributed by atoms with Gasteiger partial charge in [0.1, 0.15) is 18.1 Å². The van der Waals surface area contributed by atoms with Crippen molar-refractivity contribution in [2.75, 3.05) is 102 Å². The number of carbonyl (C=O) groups excluding carboxylic acids is 2. The highest BCUT2D eigenvalue weighted by Gasteiger charge is 2.24. The maximum absolute atomic E-state index is 12.9. The summed E-state index contributed by atoms with van der Waals surface area (Å²) in [5.74, 6) is -0.0148. The molecule has 4 aromatic carbocycles. The molecule has 0 atom stereocenters. The van der Waals surface area contributed by atoms with Crippen LogP contribution in [0.25, 0.3) is 12.2 Å². The van der Waals surface area contributed by atoms with E-state index in [1.807, 2.05) is 0 Å². The van der Waals surface area contributed by atoms with Gasteiger partial charge < -0.3 is 35.2 Å². The lowest BCUT2D eigenvalue weighted by atomic mass is 10.1. The van der Waals surface area contributed by atoms with Crippen LogP contribution in [0.3, 0.4) is 0 Å². The first-order valence-corrected chi connectivity index (χ1v) is 25.1. The van der Waals surface area contributed by atoms with Crippen molar-refractivity contribution in [1.82, 2.24) is 20.0 Å². The van der Waals surface area contributed by atoms with Crippen molar-refractivity contribution in [2.45, 2.75) is 17.2 Å². The van der Waals surface area contributed by atoms with E-state index in [1.165, 1.54) is 37.4 Å². The number of amides is 2. The van der Waals surface area contributed by atoms with E-state index in [0.29, 0.717) is 68.2 Å². The van der Waals surface area contributed by atoms with Crippen LogP contribution in [0.15, 0.2) is 93.4 Å². The molecule has 0 radical (unpaired) electrons. The van der Waals surface area contributed by atoms with Gasteiger partial charge in [-0.15, -0.1) is 0 Å². The molecule has 0 aromatic heterocycles. The fourth-order valence-electron chi connectivity index (χ4n) is 6.75. The third-order valence-electron chi connectivity index (χ3n) is 10.3. The van der Waals surface area contributed by atoms with Crippen LogP contribution in [0.4, 0.5) is 11.4 Å². The molecule has 4 aromatic rings. The number of fused-ring (bicyclic) bond motifs is 2. The molecule has 0 spiro atoms. The van der Waals surface area contributed by atoms with Gasteiger partial charge in [0, 0.05) is 96.5 Å². The smallest absolute Gasteiger partial charge is 0.259 e. The second-order valence-corrected chi connectivity index (χ2v) is 20.2. The van der Waals surface area contributed by atoms with Crippen molar-refractivity contribution in [1.29, 1.82) is 0 Å². The summed E-state index contributed by atoms with van der Waals surface area (Å²) in [5, 5.41) is 12.5. The largest absolute Gasteiger partial charge is 0.492 e. The van der Waals surface area contributed by atoms with E-state index in [9.17, 15) is 26.4 Å². The average Bonchev–Trinajstić information content (AvgIpc) is 3.74. The molecule has 4 aliphatic rings. The predicted molar refractivity (Wildman–Crippen MR) is 260 cm³/mol. The number of benzene rings is 4. The van der Waals surface area contributed by atoms with Crippen LogP contribution in [-0.2, 0) is 19.7 Å². The molecule has 2 saturated heterocycles. The molecule has 0 aliphatic carbocycles. The normalized spacial score (nSPS) is 17.0. The lowest BCUT2D eigenvalue weighted by Gasteiger charge is -2.32. The minimum Gasteiger partial charge on any atom is -0.492 e. The van der Waals surface area contributed by atoms with Gasteiger partial charge in [-0.1, -0.05) is 58.7 Å². The van der Waals surface area contributed by atoms with Crippen LogP contribution < -0.4 is 25.4 Å². The summed E-state index contributed by atoms with van der Waals surface area (Å²) in [5.41, 5.74) is 2.54. The van der Waals surface area contributed by atoms with Crippen LogP contribution in [0.1, 0.15) is 39.3 Å². The number of nitrogens with zero attached hydrogens (tertiary/aromatic N) is 3. The highest BCUT2D eigenvalue weighted by atomic mass is 79.9. The lowest BCUT2D eigenvalue weighted by molar-refractivity contribution is 0.101. The van der Waals surface area contributed by atoms with Crippen LogP contribution in [0, 0.1) is 0 Å². The van der Waals surface area contributed by atoms with Crippen LogP contribution in [0.2, 0.25) is 10.0 Å². The van der Waals surface area contributed by atoms with E-state index in [4.69, 9.17) is 32.7 Å². The monoisotopic (exact) mass is 1020 g/mol. The van der Waals surface area contributed by atoms with Crippen molar-refractivity contribution in [3.8, 4) is 11.5 Å². The van der Waals surface area contributed by atoms with E-state index in [-0.39, 0.29) is 22.8 Å². The second kappa shape index (κ2) is 23.2. The van der Waals surface area contributed by atoms with E-state index < -0.39 is 31.5 Å². The van der Waals surface area contributed by atoms with Gasteiger partial charge in [-0.05, 0) is 98.0 Å². The van der Waals surface area contributed by atoms with Gasteiger partial charge in [0.05, 0.1) is 27.5 Å². The number of carbonyl (C=O) groups is 2. The van der Waals surface area contributed by atoms with E-state index >= 15 is 0 Å². The second-order valence-electron chi connectivity index (χ2n) is 15.0. The average molecular weight is 1020 g/mol. The number of piperazine rings is 2. The number of hydrogen-bond acceptors (Lipinski definition) is 12. The summed E-state index contributed by atoms with van der Waals surface area (Å²) in [6.07, 6.45) is 3.07. The van der Waals surface area contributed by atoms with E-state index in [0.717, 1.165) is 56.6 Å². The highest BCUT2D eigenvalue weighted by molar-refractivity contribution is 9.09. The lowest BCUT2D eigenvalue weighted by Crippen LogP contribution is -2.45. The number of likely N-dealkylation sites (N-methyl/N-ethyl adjacent to an activating group) is 2. The summed E-state index contributed by atoms with van der Waals surface area (Å²) in [7, 11) is -2.63. The van der Waals surface area contributed by atoms with Crippen LogP contribution >= 0.6 is 39.1 Å². The Morgan fingerprint density at radius 2 is 1.11 bits per heavy atom. The van der Waals surface area contributed by atoms with Gasteiger partial charge in [0.15, 0.2) is 0 Å². The first kappa shape index (κ1) is 50.7. The van der Waals surface area contributed by atoms with E-state index in [1.54, 1.807) is 60.7 Å². The quantitative estimate of drug-likeness (QED) is 0.129. The first-order chi connectivity index (χ1) is 30.1. The van der Waals surface area contributed by atoms with Gasteiger partial charge in [-0.25, -0.2) is 16.8 Å². The van der Waals surface area contributed by atoms with Crippen molar-refractivity contribution in [3.63, 3.8) is 0 Å². The summed E-state index contributed by atoms with van der Waals surface area (Å²) >= 11 is 15.4. The van der Waals surface area contributed by atoms with Crippen LogP contribution in [-0.4, -0.2) is 135 Å². The van der Waals surface area contributed by atoms with Crippen molar-refractivity contribution in [2.24, 2.45) is 0 Å². The molecule has 0 unspecified atom stereocenters.